The minimum absolute atomic E-state index is 0.880. The largest absolute Gasteiger partial charge is 0.384 e. The fourth-order valence-corrected chi connectivity index (χ4v) is 3.07. The quantitative estimate of drug-likeness (QED) is 0.729. The molecular formula is C17H16BrNO. The summed E-state index contributed by atoms with van der Waals surface area (Å²) in [6.07, 6.45) is 0. The van der Waals surface area contributed by atoms with Crippen LogP contribution in [0.5, 0.6) is 0 Å². The average molecular weight is 330 g/mol. The Morgan fingerprint density at radius 1 is 1.00 bits per heavy atom. The van der Waals surface area contributed by atoms with Crippen molar-refractivity contribution in [1.29, 1.82) is 0 Å². The molecule has 0 saturated carbocycles. The molecule has 0 spiro atoms. The van der Waals surface area contributed by atoms with Gasteiger partial charge in [-0.3, -0.25) is 0 Å². The van der Waals surface area contributed by atoms with Crippen molar-refractivity contribution in [3.63, 3.8) is 0 Å². The standard InChI is InChI=1S/C17H16BrNO/c1-17(2,20)15-11-12-7-6-10-14(18)16(12)19(15)13-8-4-3-5-9-13/h3-11,20H,1-2H3. The van der Waals surface area contributed by atoms with Crippen LogP contribution in [0, 0.1) is 0 Å². The molecule has 20 heavy (non-hydrogen) atoms. The number of aliphatic hydroxyl groups is 1. The Morgan fingerprint density at radius 3 is 2.35 bits per heavy atom. The van der Waals surface area contributed by atoms with Crippen molar-refractivity contribution in [2.75, 3.05) is 0 Å². The Hall–Kier alpha value is -1.58. The van der Waals surface area contributed by atoms with E-state index < -0.39 is 5.60 Å². The number of para-hydroxylation sites is 2. The molecule has 0 atom stereocenters. The SMILES string of the molecule is CC(C)(O)c1cc2cccc(Br)c2n1-c1ccccc1. The van der Waals surface area contributed by atoms with Crippen molar-refractivity contribution in [1.82, 2.24) is 4.57 Å². The molecule has 3 aromatic rings. The lowest BCUT2D eigenvalue weighted by Gasteiger charge is -2.21. The molecule has 3 heteroatoms. The van der Waals surface area contributed by atoms with Crippen LogP contribution in [-0.2, 0) is 5.60 Å². The predicted molar refractivity (Wildman–Crippen MR) is 86.2 cm³/mol. The van der Waals surface area contributed by atoms with Crippen LogP contribution in [0.2, 0.25) is 0 Å². The molecule has 0 aliphatic carbocycles. The second-order valence-corrected chi connectivity index (χ2v) is 6.29. The third-order valence-corrected chi connectivity index (χ3v) is 4.06. The Balaban J connectivity index is 2.43. The first kappa shape index (κ1) is 13.4. The van der Waals surface area contributed by atoms with E-state index in [-0.39, 0.29) is 0 Å². The Labute approximate surface area is 126 Å². The van der Waals surface area contributed by atoms with E-state index >= 15 is 0 Å². The zero-order valence-corrected chi connectivity index (χ0v) is 13.1. The van der Waals surface area contributed by atoms with Crippen molar-refractivity contribution in [2.45, 2.75) is 19.4 Å². The molecular weight excluding hydrogens is 314 g/mol. The van der Waals surface area contributed by atoms with E-state index in [2.05, 4.69) is 26.6 Å². The maximum atomic E-state index is 10.5. The van der Waals surface area contributed by atoms with E-state index in [0.29, 0.717) is 0 Å². The minimum Gasteiger partial charge on any atom is -0.384 e. The summed E-state index contributed by atoms with van der Waals surface area (Å²) in [6, 6.07) is 18.3. The summed E-state index contributed by atoms with van der Waals surface area (Å²) in [4.78, 5) is 0. The predicted octanol–water partition coefficient (Wildman–Crippen LogP) is 4.62. The van der Waals surface area contributed by atoms with Crippen molar-refractivity contribution < 1.29 is 5.11 Å². The summed E-state index contributed by atoms with van der Waals surface area (Å²) in [6.45, 7) is 3.63. The van der Waals surface area contributed by atoms with Gasteiger partial charge in [-0.25, -0.2) is 0 Å². The van der Waals surface area contributed by atoms with Crippen LogP contribution in [0.25, 0.3) is 16.6 Å². The monoisotopic (exact) mass is 329 g/mol. The van der Waals surface area contributed by atoms with Gasteiger partial charge in [0, 0.05) is 15.5 Å². The van der Waals surface area contributed by atoms with E-state index in [1.54, 1.807) is 0 Å². The number of benzene rings is 2. The number of fused-ring (bicyclic) bond motifs is 1. The highest BCUT2D eigenvalue weighted by Crippen LogP contribution is 2.34. The molecule has 0 saturated heterocycles. The molecule has 102 valence electrons. The summed E-state index contributed by atoms with van der Waals surface area (Å²) >= 11 is 3.62. The van der Waals surface area contributed by atoms with Crippen LogP contribution >= 0.6 is 15.9 Å². The van der Waals surface area contributed by atoms with Crippen LogP contribution < -0.4 is 0 Å². The summed E-state index contributed by atoms with van der Waals surface area (Å²) in [5, 5.41) is 11.6. The van der Waals surface area contributed by atoms with Crippen LogP contribution in [0.3, 0.4) is 0 Å². The van der Waals surface area contributed by atoms with Gasteiger partial charge in [-0.1, -0.05) is 30.3 Å². The van der Waals surface area contributed by atoms with Crippen molar-refractivity contribution in [3.8, 4) is 5.69 Å². The first-order valence-corrected chi connectivity index (χ1v) is 7.36. The second kappa shape index (κ2) is 4.76. The zero-order valence-electron chi connectivity index (χ0n) is 11.5. The summed E-state index contributed by atoms with van der Waals surface area (Å²) < 4.78 is 3.13. The van der Waals surface area contributed by atoms with Crippen LogP contribution in [0.15, 0.2) is 59.1 Å². The Bertz CT molecular complexity index is 754. The van der Waals surface area contributed by atoms with Crippen LogP contribution in [0.4, 0.5) is 0 Å². The first-order chi connectivity index (χ1) is 9.48. The second-order valence-electron chi connectivity index (χ2n) is 5.44. The number of halogens is 1. The third kappa shape index (κ3) is 2.17. The maximum Gasteiger partial charge on any atom is 0.0993 e. The first-order valence-electron chi connectivity index (χ1n) is 6.57. The van der Waals surface area contributed by atoms with Gasteiger partial charge in [0.2, 0.25) is 0 Å². The van der Waals surface area contributed by atoms with Gasteiger partial charge in [-0.05, 0) is 54.0 Å². The molecule has 2 nitrogen and oxygen atoms in total. The summed E-state index contributed by atoms with van der Waals surface area (Å²) in [5.41, 5.74) is 2.10. The fourth-order valence-electron chi connectivity index (χ4n) is 2.51. The fraction of sp³-hybridized carbons (Fsp3) is 0.176. The molecule has 0 radical (unpaired) electrons. The smallest absolute Gasteiger partial charge is 0.0993 e. The van der Waals surface area contributed by atoms with Crippen LogP contribution in [0.1, 0.15) is 19.5 Å². The number of aromatic nitrogens is 1. The van der Waals surface area contributed by atoms with Gasteiger partial charge in [0.15, 0.2) is 0 Å². The van der Waals surface area contributed by atoms with E-state index in [1.807, 2.05) is 62.4 Å². The molecule has 0 aliphatic heterocycles. The van der Waals surface area contributed by atoms with Gasteiger partial charge in [0.1, 0.15) is 0 Å². The highest BCUT2D eigenvalue weighted by molar-refractivity contribution is 9.10. The Kier molecular flexibility index (Phi) is 3.19. The highest BCUT2D eigenvalue weighted by Gasteiger charge is 2.24. The zero-order chi connectivity index (χ0) is 14.3. The van der Waals surface area contributed by atoms with Crippen LogP contribution in [-0.4, -0.2) is 9.67 Å². The third-order valence-electron chi connectivity index (χ3n) is 3.42. The topological polar surface area (TPSA) is 25.2 Å². The van der Waals surface area contributed by atoms with E-state index in [9.17, 15) is 5.11 Å². The summed E-state index contributed by atoms with van der Waals surface area (Å²) in [7, 11) is 0. The minimum atomic E-state index is -0.908. The lowest BCUT2D eigenvalue weighted by Crippen LogP contribution is -2.20. The van der Waals surface area contributed by atoms with Gasteiger partial charge in [0.25, 0.3) is 0 Å². The number of rotatable bonds is 2. The number of nitrogens with zero attached hydrogens (tertiary/aromatic N) is 1. The van der Waals surface area contributed by atoms with Crippen molar-refractivity contribution >= 4 is 26.8 Å². The van der Waals surface area contributed by atoms with E-state index in [1.165, 1.54) is 0 Å². The number of hydrogen-bond donors (Lipinski definition) is 1. The molecule has 2 aromatic carbocycles. The van der Waals surface area contributed by atoms with Gasteiger partial charge in [-0.15, -0.1) is 0 Å². The lowest BCUT2D eigenvalue weighted by molar-refractivity contribution is 0.0725. The molecule has 0 unspecified atom stereocenters. The average Bonchev–Trinajstić information content (AvgIpc) is 2.80. The lowest BCUT2D eigenvalue weighted by atomic mass is 10.1. The van der Waals surface area contributed by atoms with E-state index in [4.69, 9.17) is 0 Å². The van der Waals surface area contributed by atoms with Crippen molar-refractivity contribution in [3.05, 3.63) is 64.8 Å². The molecule has 1 aromatic heterocycles. The summed E-state index contributed by atoms with van der Waals surface area (Å²) in [5.74, 6) is 0. The highest BCUT2D eigenvalue weighted by atomic mass is 79.9. The molecule has 0 bridgehead atoms. The van der Waals surface area contributed by atoms with E-state index in [0.717, 1.165) is 26.8 Å². The van der Waals surface area contributed by atoms with Gasteiger partial charge >= 0.3 is 0 Å². The number of hydrogen-bond acceptors (Lipinski definition) is 1. The molecule has 3 rings (SSSR count). The van der Waals surface area contributed by atoms with Gasteiger partial charge in [-0.2, -0.15) is 0 Å². The van der Waals surface area contributed by atoms with Gasteiger partial charge < -0.3 is 9.67 Å². The molecule has 1 N–H and O–H groups in total. The Morgan fingerprint density at radius 2 is 1.70 bits per heavy atom. The molecule has 0 aliphatic rings. The maximum absolute atomic E-state index is 10.5. The van der Waals surface area contributed by atoms with Gasteiger partial charge in [0.05, 0.1) is 16.8 Å². The molecule has 0 fully saturated rings. The normalized spacial score (nSPS) is 12.0. The molecule has 1 heterocycles. The van der Waals surface area contributed by atoms with Crippen molar-refractivity contribution in [2.24, 2.45) is 0 Å². The molecule has 0 amide bonds.